The minimum atomic E-state index is -5.26. The number of alkyl halides is 6. The summed E-state index contributed by atoms with van der Waals surface area (Å²) in [6, 6.07) is 8.54. The molecule has 0 bridgehead atoms. The highest BCUT2D eigenvalue weighted by Gasteiger charge is 2.41. The molecule has 57 heavy (non-hydrogen) atoms. The van der Waals surface area contributed by atoms with Crippen LogP contribution in [0.15, 0.2) is 70.7 Å². The third-order valence-corrected chi connectivity index (χ3v) is 10.3. The maximum atomic E-state index is 14.4. The average Bonchev–Trinajstić information content (AvgIpc) is 3.82. The Bertz CT molecular complexity index is 2960. The molecule has 27 heteroatoms. The molecule has 9 N–H and O–H groups in total. The zero-order chi connectivity index (χ0) is 41.2. The first-order chi connectivity index (χ1) is 26.6. The number of tetrazole rings is 2. The van der Waals surface area contributed by atoms with Gasteiger partial charge in [0.2, 0.25) is 37.6 Å². The third kappa shape index (κ3) is 7.25. The fourth-order valence-electron chi connectivity index (χ4n) is 6.10. The largest absolute Gasteiger partial charge is 0.417 e. The number of nitrogens with two attached hydrogens (primary N) is 4. The highest BCUT2D eigenvalue weighted by Crippen LogP contribution is 2.46. The molecule has 0 spiro atoms. The van der Waals surface area contributed by atoms with Crippen molar-refractivity contribution >= 4 is 42.7 Å². The van der Waals surface area contributed by atoms with E-state index in [2.05, 4.69) is 51.0 Å². The van der Waals surface area contributed by atoms with Gasteiger partial charge < -0.3 is 11.5 Å². The van der Waals surface area contributed by atoms with Gasteiger partial charge in [0.15, 0.2) is 0 Å². The summed E-state index contributed by atoms with van der Waals surface area (Å²) in [7, 11) is -10.4. The van der Waals surface area contributed by atoms with Crippen LogP contribution in [0.1, 0.15) is 16.7 Å². The number of nitrogen functional groups attached to an aromatic ring is 2. The summed E-state index contributed by atoms with van der Waals surface area (Å²) >= 11 is 0. The molecular formula is C30H21F6N15O4S2. The van der Waals surface area contributed by atoms with Gasteiger partial charge in [-0.2, -0.15) is 36.4 Å². The van der Waals surface area contributed by atoms with Crippen molar-refractivity contribution in [3.8, 4) is 45.0 Å². The van der Waals surface area contributed by atoms with Gasteiger partial charge in [-0.15, -0.1) is 20.4 Å². The van der Waals surface area contributed by atoms with Crippen molar-refractivity contribution in [1.29, 1.82) is 0 Å². The number of para-hydroxylation sites is 1. The Labute approximate surface area is 314 Å². The quantitative estimate of drug-likeness (QED) is 0.138. The second-order valence-electron chi connectivity index (χ2n) is 11.9. The number of aromatic amines is 1. The highest BCUT2D eigenvalue weighted by atomic mass is 32.2. The van der Waals surface area contributed by atoms with E-state index in [0.717, 1.165) is 23.1 Å². The van der Waals surface area contributed by atoms with Crippen molar-refractivity contribution in [3.63, 3.8) is 0 Å². The summed E-state index contributed by atoms with van der Waals surface area (Å²) in [6.07, 6.45) is -8.08. The monoisotopic (exact) mass is 833 g/mol. The molecule has 4 heterocycles. The van der Waals surface area contributed by atoms with E-state index in [-0.39, 0.29) is 45.1 Å². The summed E-state index contributed by atoms with van der Waals surface area (Å²) in [5.41, 5.74) is 6.65. The van der Waals surface area contributed by atoms with Crippen LogP contribution >= 0.6 is 0 Å². The van der Waals surface area contributed by atoms with E-state index in [4.69, 9.17) is 21.7 Å². The van der Waals surface area contributed by atoms with E-state index >= 15 is 0 Å². The van der Waals surface area contributed by atoms with Crippen LogP contribution < -0.4 is 21.7 Å². The van der Waals surface area contributed by atoms with Crippen molar-refractivity contribution in [1.82, 2.24) is 55.8 Å². The van der Waals surface area contributed by atoms with Crippen LogP contribution in [0.3, 0.4) is 0 Å². The molecule has 294 valence electrons. The van der Waals surface area contributed by atoms with Gasteiger partial charge in [0.1, 0.15) is 15.6 Å². The van der Waals surface area contributed by atoms with Gasteiger partial charge in [-0.1, -0.05) is 30.3 Å². The number of aromatic nitrogens is 11. The Morgan fingerprint density at radius 1 is 0.719 bits per heavy atom. The molecule has 0 aliphatic carbocycles. The standard InChI is InChI=1S/C30H21F6N15O4S2/c31-29(32,33)18-7-5-15(21(24(18)56(39,52)53)26-44-48-49-45-26)17-10-41-20(37)8-13(17)11-51-47-27(46-50-51)22-14(4-6-19(30(34,35)36)25(22)57(40,54)55)16-3-1-2-12-9-42-28(38)43-23(12)16/h1-10H,11H2,(H2,37,41)(H2,38,42,43)(H2,39,52,53)(H2,40,54,55)(H,44,45,48,49). The van der Waals surface area contributed by atoms with Crippen LogP contribution in [0.4, 0.5) is 38.1 Å². The first-order valence-corrected chi connectivity index (χ1v) is 18.5. The topological polar surface area (TPSA) is 309 Å². The molecule has 0 radical (unpaired) electrons. The van der Waals surface area contributed by atoms with Crippen LogP contribution in [0, 0.1) is 0 Å². The van der Waals surface area contributed by atoms with Gasteiger partial charge in [0.25, 0.3) is 0 Å². The van der Waals surface area contributed by atoms with Gasteiger partial charge in [0, 0.05) is 28.9 Å². The fourth-order valence-corrected chi connectivity index (χ4v) is 8.05. The number of hydrogen-bond donors (Lipinski definition) is 5. The Balaban J connectivity index is 1.45. The number of hydrogen-bond acceptors (Lipinski definition) is 15. The van der Waals surface area contributed by atoms with Crippen molar-refractivity contribution in [2.45, 2.75) is 28.7 Å². The molecule has 7 rings (SSSR count). The number of nitrogens with one attached hydrogen (secondary N) is 1. The lowest BCUT2D eigenvalue weighted by molar-refractivity contribution is -0.140. The van der Waals surface area contributed by atoms with E-state index in [9.17, 15) is 43.2 Å². The molecule has 3 aromatic carbocycles. The van der Waals surface area contributed by atoms with E-state index in [1.165, 1.54) is 24.4 Å². The summed E-state index contributed by atoms with van der Waals surface area (Å²) in [4.78, 5) is 10.1. The number of primary sulfonamides is 2. The molecule has 19 nitrogen and oxygen atoms in total. The third-order valence-electron chi connectivity index (χ3n) is 8.27. The van der Waals surface area contributed by atoms with Crippen molar-refractivity contribution in [3.05, 3.63) is 77.6 Å². The molecule has 4 aromatic heterocycles. The molecule has 0 aliphatic rings. The van der Waals surface area contributed by atoms with Gasteiger partial charge in [-0.25, -0.2) is 42.1 Å². The lowest BCUT2D eigenvalue weighted by Crippen LogP contribution is -2.21. The predicted molar refractivity (Wildman–Crippen MR) is 185 cm³/mol. The smallest absolute Gasteiger partial charge is 0.384 e. The van der Waals surface area contributed by atoms with E-state index in [1.807, 2.05) is 0 Å². The van der Waals surface area contributed by atoms with E-state index in [0.29, 0.717) is 17.5 Å². The normalized spacial score (nSPS) is 12.7. The van der Waals surface area contributed by atoms with Crippen LogP contribution in [-0.4, -0.2) is 72.6 Å². The minimum Gasteiger partial charge on any atom is -0.384 e. The summed E-state index contributed by atoms with van der Waals surface area (Å²) in [5, 5.41) is 35.8. The number of pyridine rings is 1. The maximum absolute atomic E-state index is 14.4. The number of sulfonamides is 2. The number of fused-ring (bicyclic) bond motifs is 1. The number of anilines is 2. The van der Waals surface area contributed by atoms with E-state index in [1.54, 1.807) is 6.07 Å². The molecule has 0 atom stereocenters. The van der Waals surface area contributed by atoms with Crippen LogP contribution in [0.25, 0.3) is 55.9 Å². The lowest BCUT2D eigenvalue weighted by atomic mass is 9.94. The summed E-state index contributed by atoms with van der Waals surface area (Å²) in [5.74, 6) is -1.67. The molecule has 0 fully saturated rings. The molecule has 7 aromatic rings. The van der Waals surface area contributed by atoms with Crippen molar-refractivity contribution in [2.75, 3.05) is 11.5 Å². The molecule has 0 unspecified atom stereocenters. The van der Waals surface area contributed by atoms with Gasteiger partial charge in [0.05, 0.1) is 34.3 Å². The number of rotatable bonds is 8. The van der Waals surface area contributed by atoms with Crippen LogP contribution in [0.5, 0.6) is 0 Å². The maximum Gasteiger partial charge on any atom is 0.417 e. The first kappa shape index (κ1) is 38.6. The lowest BCUT2D eigenvalue weighted by Gasteiger charge is -2.19. The Kier molecular flexibility index (Phi) is 9.13. The highest BCUT2D eigenvalue weighted by molar-refractivity contribution is 7.89. The fraction of sp³-hybridized carbons (Fsp3) is 0.100. The number of halogens is 6. The van der Waals surface area contributed by atoms with Crippen LogP contribution in [-0.2, 0) is 38.9 Å². The zero-order valence-electron chi connectivity index (χ0n) is 28.0. The Morgan fingerprint density at radius 3 is 1.91 bits per heavy atom. The van der Waals surface area contributed by atoms with Crippen LogP contribution in [0.2, 0.25) is 0 Å². The molecule has 0 saturated carbocycles. The van der Waals surface area contributed by atoms with Crippen molar-refractivity contribution in [2.24, 2.45) is 10.3 Å². The van der Waals surface area contributed by atoms with Gasteiger partial charge in [-0.3, -0.25) is 0 Å². The minimum absolute atomic E-state index is 0.0217. The predicted octanol–water partition coefficient (Wildman–Crippen LogP) is 2.74. The van der Waals surface area contributed by atoms with Gasteiger partial charge in [-0.05, 0) is 45.3 Å². The zero-order valence-corrected chi connectivity index (χ0v) is 29.6. The summed E-state index contributed by atoms with van der Waals surface area (Å²) < 4.78 is 137. The first-order valence-electron chi connectivity index (χ1n) is 15.4. The SMILES string of the molecule is Nc1cc(Cn2nnc(-c3c(-c4cccc5cnc(N)nc45)ccc(C(F)(F)F)c3S(N)(=O)=O)n2)c(-c2ccc(C(F)(F)F)c(S(N)(=O)=O)c2-c2nn[nH]n2)cn1. The summed E-state index contributed by atoms with van der Waals surface area (Å²) in [6.45, 7) is -0.538. The number of H-pyrrole nitrogens is 1. The number of nitrogens with zero attached hydrogens (tertiary/aromatic N) is 10. The molecular weight excluding hydrogens is 813 g/mol. The Morgan fingerprint density at radius 2 is 1.33 bits per heavy atom. The second kappa shape index (κ2) is 13.5. The Hall–Kier alpha value is -6.71. The van der Waals surface area contributed by atoms with E-state index < -0.39 is 82.6 Å². The molecule has 0 aliphatic heterocycles. The van der Waals surface area contributed by atoms with Gasteiger partial charge >= 0.3 is 12.4 Å². The second-order valence-corrected chi connectivity index (χ2v) is 14.9. The molecule has 0 amide bonds. The number of benzene rings is 3. The van der Waals surface area contributed by atoms with Crippen molar-refractivity contribution < 1.29 is 43.2 Å². The average molecular weight is 834 g/mol. The molecule has 0 saturated heterocycles.